The maximum absolute atomic E-state index is 12.8. The van der Waals surface area contributed by atoms with Crippen molar-refractivity contribution >= 4 is 0 Å². The number of nitrogens with two attached hydrogens (primary N) is 1. The van der Waals surface area contributed by atoms with Crippen molar-refractivity contribution in [1.82, 2.24) is 0 Å². The molecule has 0 aliphatic heterocycles. The second-order valence-corrected chi connectivity index (χ2v) is 4.59. The highest BCUT2D eigenvalue weighted by Crippen LogP contribution is 2.34. The summed E-state index contributed by atoms with van der Waals surface area (Å²) in [7, 11) is 0. The van der Waals surface area contributed by atoms with E-state index in [1.165, 1.54) is 12.1 Å². The van der Waals surface area contributed by atoms with Crippen LogP contribution in [0.3, 0.4) is 0 Å². The van der Waals surface area contributed by atoms with Gasteiger partial charge < -0.3 is 10.5 Å². The third-order valence-electron chi connectivity index (χ3n) is 2.87. The fourth-order valence-corrected chi connectivity index (χ4v) is 1.42. The van der Waals surface area contributed by atoms with Gasteiger partial charge in [-0.05, 0) is 30.5 Å². The summed E-state index contributed by atoms with van der Waals surface area (Å²) >= 11 is 0. The molecule has 1 aromatic rings. The monoisotopic (exact) mass is 261 g/mol. The molecule has 0 spiro atoms. The molecule has 102 valence electrons. The van der Waals surface area contributed by atoms with Crippen molar-refractivity contribution in [2.45, 2.75) is 39.6 Å². The number of hydrogen-bond acceptors (Lipinski definition) is 2. The van der Waals surface area contributed by atoms with Gasteiger partial charge in [0.25, 0.3) is 0 Å². The van der Waals surface area contributed by atoms with E-state index in [9.17, 15) is 13.2 Å². The van der Waals surface area contributed by atoms with E-state index in [2.05, 4.69) is 0 Å². The van der Waals surface area contributed by atoms with Crippen molar-refractivity contribution in [2.75, 3.05) is 0 Å². The predicted octanol–water partition coefficient (Wildman–Crippen LogP) is 3.59. The molecule has 1 unspecified atom stereocenters. The van der Waals surface area contributed by atoms with Gasteiger partial charge in [0, 0.05) is 6.54 Å². The summed E-state index contributed by atoms with van der Waals surface area (Å²) in [5, 5.41) is 0. The van der Waals surface area contributed by atoms with Crippen molar-refractivity contribution in [3.63, 3.8) is 0 Å². The lowest BCUT2D eigenvalue weighted by Crippen LogP contribution is -2.19. The molecule has 1 aromatic carbocycles. The summed E-state index contributed by atoms with van der Waals surface area (Å²) in [5.74, 6) is 0.453. The topological polar surface area (TPSA) is 35.2 Å². The molecule has 18 heavy (non-hydrogen) atoms. The molecule has 0 aliphatic rings. The van der Waals surface area contributed by atoms with E-state index in [1.54, 1.807) is 0 Å². The lowest BCUT2D eigenvalue weighted by molar-refractivity contribution is -0.138. The van der Waals surface area contributed by atoms with E-state index in [-0.39, 0.29) is 29.9 Å². The first-order chi connectivity index (χ1) is 8.25. The SMILES string of the molecule is CC(C)C(C)Oc1ccc(CN)c(C(F)(F)F)c1. The van der Waals surface area contributed by atoms with E-state index in [0.29, 0.717) is 0 Å². The minimum absolute atomic E-state index is 0.0760. The summed E-state index contributed by atoms with van der Waals surface area (Å²) in [4.78, 5) is 0. The molecule has 0 amide bonds. The average Bonchev–Trinajstić information content (AvgIpc) is 2.27. The molecule has 0 aromatic heterocycles. The van der Waals surface area contributed by atoms with Crippen LogP contribution < -0.4 is 10.5 Å². The van der Waals surface area contributed by atoms with Crippen molar-refractivity contribution in [3.05, 3.63) is 29.3 Å². The second-order valence-electron chi connectivity index (χ2n) is 4.59. The fraction of sp³-hybridized carbons (Fsp3) is 0.538. The van der Waals surface area contributed by atoms with E-state index < -0.39 is 11.7 Å². The Morgan fingerprint density at radius 2 is 1.83 bits per heavy atom. The predicted molar refractivity (Wildman–Crippen MR) is 64.3 cm³/mol. The van der Waals surface area contributed by atoms with Crippen LogP contribution in [0.25, 0.3) is 0 Å². The van der Waals surface area contributed by atoms with Gasteiger partial charge in [0.1, 0.15) is 5.75 Å². The van der Waals surface area contributed by atoms with Gasteiger partial charge in [-0.2, -0.15) is 13.2 Å². The summed E-state index contributed by atoms with van der Waals surface area (Å²) in [5.41, 5.74) is 4.66. The number of halogens is 3. The van der Waals surface area contributed by atoms with Crippen LogP contribution in [-0.4, -0.2) is 6.10 Å². The maximum Gasteiger partial charge on any atom is 0.416 e. The number of hydrogen-bond donors (Lipinski definition) is 1. The first kappa shape index (κ1) is 14.8. The third kappa shape index (κ3) is 3.63. The molecule has 0 saturated heterocycles. The van der Waals surface area contributed by atoms with Gasteiger partial charge in [-0.1, -0.05) is 19.9 Å². The first-order valence-electron chi connectivity index (χ1n) is 5.82. The van der Waals surface area contributed by atoms with Gasteiger partial charge in [-0.3, -0.25) is 0 Å². The lowest BCUT2D eigenvalue weighted by atomic mass is 10.1. The molecule has 5 heteroatoms. The molecular weight excluding hydrogens is 243 g/mol. The number of benzene rings is 1. The van der Waals surface area contributed by atoms with Crippen LogP contribution in [0.2, 0.25) is 0 Å². The molecular formula is C13H18F3NO. The maximum atomic E-state index is 12.8. The Labute approximate surface area is 105 Å². The lowest BCUT2D eigenvalue weighted by Gasteiger charge is -2.20. The smallest absolute Gasteiger partial charge is 0.416 e. The quantitative estimate of drug-likeness (QED) is 0.899. The van der Waals surface area contributed by atoms with E-state index in [1.807, 2.05) is 20.8 Å². The van der Waals surface area contributed by atoms with Crippen LogP contribution in [0, 0.1) is 5.92 Å². The Morgan fingerprint density at radius 1 is 1.22 bits per heavy atom. The van der Waals surface area contributed by atoms with Gasteiger partial charge in [-0.15, -0.1) is 0 Å². The minimum atomic E-state index is -4.41. The largest absolute Gasteiger partial charge is 0.490 e. The number of ether oxygens (including phenoxy) is 1. The van der Waals surface area contributed by atoms with E-state index >= 15 is 0 Å². The van der Waals surface area contributed by atoms with Gasteiger partial charge in [0.15, 0.2) is 0 Å². The van der Waals surface area contributed by atoms with E-state index in [0.717, 1.165) is 6.07 Å². The van der Waals surface area contributed by atoms with Crippen molar-refractivity contribution in [2.24, 2.45) is 11.7 Å². The molecule has 0 radical (unpaired) electrons. The van der Waals surface area contributed by atoms with Crippen molar-refractivity contribution in [3.8, 4) is 5.75 Å². The highest BCUT2D eigenvalue weighted by atomic mass is 19.4. The van der Waals surface area contributed by atoms with Crippen LogP contribution >= 0.6 is 0 Å². The minimum Gasteiger partial charge on any atom is -0.490 e. The summed E-state index contributed by atoms with van der Waals surface area (Å²) in [6.45, 7) is 5.58. The van der Waals surface area contributed by atoms with Crippen molar-refractivity contribution in [1.29, 1.82) is 0 Å². The van der Waals surface area contributed by atoms with Gasteiger partial charge in [-0.25, -0.2) is 0 Å². The Hall–Kier alpha value is -1.23. The van der Waals surface area contributed by atoms with E-state index in [4.69, 9.17) is 10.5 Å². The number of alkyl halides is 3. The Balaban J connectivity index is 3.04. The molecule has 2 nitrogen and oxygen atoms in total. The molecule has 2 N–H and O–H groups in total. The Morgan fingerprint density at radius 3 is 2.28 bits per heavy atom. The molecule has 1 atom stereocenters. The highest BCUT2D eigenvalue weighted by Gasteiger charge is 2.33. The standard InChI is InChI=1S/C13H18F3NO/c1-8(2)9(3)18-11-5-4-10(7-17)12(6-11)13(14,15)16/h4-6,8-9H,7,17H2,1-3H3. The molecule has 1 rings (SSSR count). The summed E-state index contributed by atoms with van der Waals surface area (Å²) in [6.07, 6.45) is -4.55. The second kappa shape index (κ2) is 5.61. The molecule has 0 bridgehead atoms. The molecule has 0 saturated carbocycles. The molecule has 0 heterocycles. The first-order valence-corrected chi connectivity index (χ1v) is 5.82. The summed E-state index contributed by atoms with van der Waals surface area (Å²) in [6, 6.07) is 3.91. The Kier molecular flexibility index (Phi) is 4.62. The third-order valence-corrected chi connectivity index (χ3v) is 2.87. The van der Waals surface area contributed by atoms with Gasteiger partial charge in [0.2, 0.25) is 0 Å². The van der Waals surface area contributed by atoms with Crippen molar-refractivity contribution < 1.29 is 17.9 Å². The zero-order valence-electron chi connectivity index (χ0n) is 10.7. The Bertz CT molecular complexity index is 402. The fourth-order valence-electron chi connectivity index (χ4n) is 1.42. The van der Waals surface area contributed by atoms with Crippen LogP contribution in [-0.2, 0) is 12.7 Å². The number of rotatable bonds is 4. The normalized spacial score (nSPS) is 13.8. The van der Waals surface area contributed by atoms with Crippen LogP contribution in [0.1, 0.15) is 31.9 Å². The molecule has 0 fully saturated rings. The van der Waals surface area contributed by atoms with Gasteiger partial charge in [0.05, 0.1) is 11.7 Å². The molecule has 0 aliphatic carbocycles. The highest BCUT2D eigenvalue weighted by molar-refractivity contribution is 5.37. The zero-order chi connectivity index (χ0) is 13.9. The summed E-state index contributed by atoms with van der Waals surface area (Å²) < 4.78 is 43.9. The van der Waals surface area contributed by atoms with Crippen LogP contribution in [0.4, 0.5) is 13.2 Å². The average molecular weight is 261 g/mol. The zero-order valence-corrected chi connectivity index (χ0v) is 10.7. The van der Waals surface area contributed by atoms with Gasteiger partial charge >= 0.3 is 6.18 Å². The van der Waals surface area contributed by atoms with Crippen LogP contribution in [0.5, 0.6) is 5.75 Å². The van der Waals surface area contributed by atoms with Crippen LogP contribution in [0.15, 0.2) is 18.2 Å².